The van der Waals surface area contributed by atoms with Crippen molar-refractivity contribution in [1.29, 1.82) is 5.26 Å². The Hall–Kier alpha value is -2.45. The fraction of sp³-hybridized carbons (Fsp3) is 0.353. The number of hydrogen-bond donors (Lipinski definition) is 0. The Morgan fingerprint density at radius 3 is 2.77 bits per heavy atom. The van der Waals surface area contributed by atoms with Crippen LogP contribution in [0, 0.1) is 17.2 Å². The van der Waals surface area contributed by atoms with E-state index in [0.29, 0.717) is 18.5 Å². The predicted octanol–water partition coefficient (Wildman–Crippen LogP) is 2.68. The van der Waals surface area contributed by atoms with Gasteiger partial charge in [-0.1, -0.05) is 30.3 Å². The molecular formula is C17H19N3O2. The normalized spacial score (nSPS) is 13.3. The van der Waals surface area contributed by atoms with Gasteiger partial charge in [0, 0.05) is 13.3 Å². The van der Waals surface area contributed by atoms with Gasteiger partial charge in [-0.25, -0.2) is 0 Å². The molecule has 0 saturated carbocycles. The number of ketones is 1. The molecule has 0 aliphatic rings. The van der Waals surface area contributed by atoms with Crippen molar-refractivity contribution in [1.82, 2.24) is 9.78 Å². The lowest BCUT2D eigenvalue weighted by atomic mass is 9.95. The maximum atomic E-state index is 12.4. The fourth-order valence-corrected chi connectivity index (χ4v) is 2.20. The minimum absolute atomic E-state index is 0.132. The number of benzene rings is 1. The highest BCUT2D eigenvalue weighted by atomic mass is 16.5. The van der Waals surface area contributed by atoms with E-state index in [1.807, 2.05) is 37.3 Å². The monoisotopic (exact) mass is 297 g/mol. The zero-order valence-electron chi connectivity index (χ0n) is 12.8. The summed E-state index contributed by atoms with van der Waals surface area (Å²) in [6.07, 6.45) is 3.47. The Kier molecular flexibility index (Phi) is 5.45. The summed E-state index contributed by atoms with van der Waals surface area (Å²) in [4.78, 5) is 12.4. The molecule has 0 aliphatic carbocycles. The summed E-state index contributed by atoms with van der Waals surface area (Å²) in [6.45, 7) is 2.44. The van der Waals surface area contributed by atoms with E-state index >= 15 is 0 Å². The number of nitriles is 1. The van der Waals surface area contributed by atoms with E-state index in [0.717, 1.165) is 5.56 Å². The molecule has 1 heterocycles. The van der Waals surface area contributed by atoms with Crippen molar-refractivity contribution in [2.45, 2.75) is 26.0 Å². The van der Waals surface area contributed by atoms with Crippen molar-refractivity contribution in [2.75, 3.05) is 7.11 Å². The largest absolute Gasteiger partial charge is 0.382 e. The molecule has 0 fully saturated rings. The van der Waals surface area contributed by atoms with Gasteiger partial charge in [-0.05, 0) is 18.9 Å². The van der Waals surface area contributed by atoms with Gasteiger partial charge < -0.3 is 4.74 Å². The molecule has 0 aliphatic heterocycles. The molecule has 5 nitrogen and oxygen atoms in total. The van der Waals surface area contributed by atoms with Crippen LogP contribution in [0.2, 0.25) is 0 Å². The number of rotatable bonds is 7. The SMILES string of the molecule is COC(C)CC(C#N)C(=O)c1cnn(Cc2ccccc2)c1. The fourth-order valence-electron chi connectivity index (χ4n) is 2.20. The van der Waals surface area contributed by atoms with Crippen LogP contribution < -0.4 is 0 Å². The first-order valence-electron chi connectivity index (χ1n) is 7.17. The first kappa shape index (κ1) is 15.9. The van der Waals surface area contributed by atoms with Crippen LogP contribution >= 0.6 is 0 Å². The highest BCUT2D eigenvalue weighted by molar-refractivity contribution is 5.98. The number of ether oxygens (including phenoxy) is 1. The summed E-state index contributed by atoms with van der Waals surface area (Å²) in [5, 5.41) is 13.4. The van der Waals surface area contributed by atoms with Gasteiger partial charge in [0.25, 0.3) is 0 Å². The average molecular weight is 297 g/mol. The lowest BCUT2D eigenvalue weighted by molar-refractivity contribution is 0.0804. The Balaban J connectivity index is 2.07. The van der Waals surface area contributed by atoms with Gasteiger partial charge in [-0.3, -0.25) is 9.48 Å². The van der Waals surface area contributed by atoms with Crippen LogP contribution in [-0.2, 0) is 11.3 Å². The van der Waals surface area contributed by atoms with Gasteiger partial charge in [-0.15, -0.1) is 0 Å². The zero-order valence-corrected chi connectivity index (χ0v) is 12.8. The van der Waals surface area contributed by atoms with E-state index in [4.69, 9.17) is 4.74 Å². The number of carbonyl (C=O) groups excluding carboxylic acids is 1. The molecule has 0 saturated heterocycles. The molecule has 0 radical (unpaired) electrons. The summed E-state index contributed by atoms with van der Waals surface area (Å²) in [5.41, 5.74) is 1.57. The quantitative estimate of drug-likeness (QED) is 0.737. The third kappa shape index (κ3) is 4.03. The minimum atomic E-state index is -0.704. The first-order valence-corrected chi connectivity index (χ1v) is 7.17. The molecule has 0 amide bonds. The molecule has 2 atom stereocenters. The van der Waals surface area contributed by atoms with E-state index in [1.54, 1.807) is 18.0 Å². The Morgan fingerprint density at radius 2 is 2.14 bits per heavy atom. The van der Waals surface area contributed by atoms with E-state index in [1.165, 1.54) is 6.20 Å². The molecule has 0 bridgehead atoms. The standard InChI is InChI=1S/C17H19N3O2/c1-13(22-2)8-15(9-18)17(21)16-10-19-20(12-16)11-14-6-4-3-5-7-14/h3-7,10,12-13,15H,8,11H2,1-2H3. The van der Waals surface area contributed by atoms with Crippen molar-refractivity contribution in [3.63, 3.8) is 0 Å². The smallest absolute Gasteiger partial charge is 0.183 e. The van der Waals surface area contributed by atoms with Crippen molar-refractivity contribution in [3.05, 3.63) is 53.9 Å². The molecule has 5 heteroatoms. The lowest BCUT2D eigenvalue weighted by Crippen LogP contribution is -2.19. The van der Waals surface area contributed by atoms with Crippen molar-refractivity contribution >= 4 is 5.78 Å². The van der Waals surface area contributed by atoms with Crippen LogP contribution in [-0.4, -0.2) is 28.8 Å². The number of Topliss-reactive ketones (excluding diaryl/α,β-unsaturated/α-hetero) is 1. The predicted molar refractivity (Wildman–Crippen MR) is 82.3 cm³/mol. The highest BCUT2D eigenvalue weighted by Gasteiger charge is 2.23. The second-order valence-corrected chi connectivity index (χ2v) is 5.24. The lowest BCUT2D eigenvalue weighted by Gasteiger charge is -2.12. The van der Waals surface area contributed by atoms with Gasteiger partial charge in [0.05, 0.1) is 30.5 Å². The van der Waals surface area contributed by atoms with Crippen LogP contribution in [0.15, 0.2) is 42.7 Å². The molecular weight excluding hydrogens is 278 g/mol. The van der Waals surface area contributed by atoms with Crippen molar-refractivity contribution < 1.29 is 9.53 Å². The van der Waals surface area contributed by atoms with Gasteiger partial charge in [0.2, 0.25) is 0 Å². The number of hydrogen-bond acceptors (Lipinski definition) is 4. The maximum absolute atomic E-state index is 12.4. The van der Waals surface area contributed by atoms with Gasteiger partial charge in [0.15, 0.2) is 5.78 Å². The van der Waals surface area contributed by atoms with E-state index in [2.05, 4.69) is 11.2 Å². The Bertz CT molecular complexity index is 658. The van der Waals surface area contributed by atoms with E-state index in [-0.39, 0.29) is 11.9 Å². The highest BCUT2D eigenvalue weighted by Crippen LogP contribution is 2.15. The third-order valence-electron chi connectivity index (χ3n) is 3.55. The van der Waals surface area contributed by atoms with Gasteiger partial charge in [0.1, 0.15) is 5.92 Å². The second kappa shape index (κ2) is 7.53. The molecule has 1 aromatic heterocycles. The molecule has 114 valence electrons. The van der Waals surface area contributed by atoms with Crippen LogP contribution in [0.4, 0.5) is 0 Å². The number of methoxy groups -OCH3 is 1. The molecule has 2 unspecified atom stereocenters. The summed E-state index contributed by atoms with van der Waals surface area (Å²) in [5.74, 6) is -0.907. The first-order chi connectivity index (χ1) is 10.6. The number of carbonyl (C=O) groups is 1. The van der Waals surface area contributed by atoms with Gasteiger partial charge in [-0.2, -0.15) is 10.4 Å². The van der Waals surface area contributed by atoms with Crippen LogP contribution in [0.5, 0.6) is 0 Å². The molecule has 22 heavy (non-hydrogen) atoms. The van der Waals surface area contributed by atoms with Crippen LogP contribution in [0.25, 0.3) is 0 Å². The number of nitrogens with zero attached hydrogens (tertiary/aromatic N) is 3. The number of aromatic nitrogens is 2. The molecule has 2 aromatic rings. The third-order valence-corrected chi connectivity index (χ3v) is 3.55. The molecule has 0 N–H and O–H groups in total. The molecule has 1 aromatic carbocycles. The van der Waals surface area contributed by atoms with Gasteiger partial charge >= 0.3 is 0 Å². The van der Waals surface area contributed by atoms with Crippen molar-refractivity contribution in [2.24, 2.45) is 5.92 Å². The van der Waals surface area contributed by atoms with Crippen LogP contribution in [0.1, 0.15) is 29.3 Å². The minimum Gasteiger partial charge on any atom is -0.382 e. The molecule has 0 spiro atoms. The average Bonchev–Trinajstić information content (AvgIpc) is 3.01. The summed E-state index contributed by atoms with van der Waals surface area (Å²) < 4.78 is 6.83. The topological polar surface area (TPSA) is 67.9 Å². The van der Waals surface area contributed by atoms with E-state index in [9.17, 15) is 10.1 Å². The summed E-state index contributed by atoms with van der Waals surface area (Å²) in [7, 11) is 1.57. The Morgan fingerprint density at radius 1 is 1.41 bits per heavy atom. The van der Waals surface area contributed by atoms with E-state index < -0.39 is 5.92 Å². The maximum Gasteiger partial charge on any atom is 0.183 e. The second-order valence-electron chi connectivity index (χ2n) is 5.24. The summed E-state index contributed by atoms with van der Waals surface area (Å²) in [6, 6.07) is 11.9. The van der Waals surface area contributed by atoms with Crippen molar-refractivity contribution in [3.8, 4) is 6.07 Å². The zero-order chi connectivity index (χ0) is 15.9. The molecule has 2 rings (SSSR count). The Labute approximate surface area is 130 Å². The van der Waals surface area contributed by atoms with Crippen LogP contribution in [0.3, 0.4) is 0 Å². The summed E-state index contributed by atoms with van der Waals surface area (Å²) >= 11 is 0.